The Morgan fingerprint density at radius 2 is 1.93 bits per heavy atom. The molecule has 1 aromatic carbocycles. The van der Waals surface area contributed by atoms with Crippen molar-refractivity contribution in [1.82, 2.24) is 14.4 Å². The number of hydrogen-bond donors (Lipinski definition) is 0. The Morgan fingerprint density at radius 1 is 1.18 bits per heavy atom. The summed E-state index contributed by atoms with van der Waals surface area (Å²) < 4.78 is 2.15. The van der Waals surface area contributed by atoms with Crippen LogP contribution in [0.3, 0.4) is 0 Å². The number of hydrogen-bond acceptors (Lipinski definition) is 2. The number of carbonyl (C=O) groups is 2. The van der Waals surface area contributed by atoms with Gasteiger partial charge >= 0.3 is 0 Å². The van der Waals surface area contributed by atoms with Gasteiger partial charge in [-0.15, -0.1) is 0 Å². The van der Waals surface area contributed by atoms with E-state index in [0.29, 0.717) is 23.1 Å². The Balaban J connectivity index is 1.93. The number of benzene rings is 1. The van der Waals surface area contributed by atoms with Crippen molar-refractivity contribution in [1.29, 1.82) is 0 Å². The van der Waals surface area contributed by atoms with Crippen molar-refractivity contribution in [3.63, 3.8) is 0 Å². The highest BCUT2D eigenvalue weighted by atomic mass is 35.5. The first kappa shape index (κ1) is 20.7. The van der Waals surface area contributed by atoms with E-state index in [-0.39, 0.29) is 30.3 Å². The molecule has 1 aromatic heterocycles. The lowest BCUT2D eigenvalue weighted by atomic mass is 9.99. The quantitative estimate of drug-likeness (QED) is 0.724. The van der Waals surface area contributed by atoms with E-state index < -0.39 is 0 Å². The first-order chi connectivity index (χ1) is 13.3. The molecule has 1 aliphatic heterocycles. The smallest absolute Gasteiger partial charge is 0.243 e. The van der Waals surface area contributed by atoms with Crippen molar-refractivity contribution in [3.8, 4) is 0 Å². The minimum absolute atomic E-state index is 0.0117. The summed E-state index contributed by atoms with van der Waals surface area (Å²) >= 11 is 12.3. The molecule has 7 heteroatoms. The number of fused-ring (bicyclic) bond motifs is 1. The molecule has 0 radical (unpaired) electrons. The number of carbonyl (C=O) groups excluding carboxylic acids is 2. The summed E-state index contributed by atoms with van der Waals surface area (Å²) in [5.74, 6) is -0.223. The molecule has 0 bridgehead atoms. The van der Waals surface area contributed by atoms with E-state index in [2.05, 4.69) is 4.57 Å². The third kappa shape index (κ3) is 4.06. The van der Waals surface area contributed by atoms with Gasteiger partial charge in [0, 0.05) is 37.4 Å². The van der Waals surface area contributed by atoms with Gasteiger partial charge in [0.25, 0.3) is 0 Å². The summed E-state index contributed by atoms with van der Waals surface area (Å²) in [6.07, 6.45) is 2.02. The third-order valence-electron chi connectivity index (χ3n) is 5.13. The molecule has 0 saturated carbocycles. The minimum atomic E-state index is -0.265. The van der Waals surface area contributed by atoms with Gasteiger partial charge in [0.15, 0.2) is 0 Å². The van der Waals surface area contributed by atoms with Gasteiger partial charge in [-0.1, -0.05) is 43.1 Å². The van der Waals surface area contributed by atoms with Crippen LogP contribution in [-0.4, -0.2) is 45.8 Å². The summed E-state index contributed by atoms with van der Waals surface area (Å²) in [4.78, 5) is 29.1. The summed E-state index contributed by atoms with van der Waals surface area (Å²) in [7, 11) is 0. The Bertz CT molecular complexity index is 878. The molecule has 150 valence electrons. The van der Waals surface area contributed by atoms with Gasteiger partial charge in [-0.3, -0.25) is 9.59 Å². The van der Waals surface area contributed by atoms with Gasteiger partial charge < -0.3 is 14.4 Å². The standard InChI is InChI=1S/C21H25Cl2N3O2/c1-4-24(21(28)14(2)3)13-19(27)26-11-10-25-9-5-6-18(25)20(26)15-7-8-16(22)17(23)12-15/h5-9,12,14,20H,4,10-11,13H2,1-3H3/t20-/m1/s1. The van der Waals surface area contributed by atoms with Gasteiger partial charge in [-0.05, 0) is 36.8 Å². The van der Waals surface area contributed by atoms with Crippen molar-refractivity contribution in [3.05, 3.63) is 57.8 Å². The molecule has 1 atom stereocenters. The number of nitrogens with zero attached hydrogens (tertiary/aromatic N) is 3. The number of likely N-dealkylation sites (N-methyl/N-ethyl adjacent to an activating group) is 1. The van der Waals surface area contributed by atoms with Crippen LogP contribution in [0.1, 0.15) is 38.1 Å². The molecule has 0 aliphatic carbocycles. The Labute approximate surface area is 175 Å². The molecule has 5 nitrogen and oxygen atoms in total. The molecular weight excluding hydrogens is 397 g/mol. The van der Waals surface area contributed by atoms with Crippen molar-refractivity contribution in [2.75, 3.05) is 19.6 Å². The normalized spacial score (nSPS) is 16.2. The van der Waals surface area contributed by atoms with Gasteiger partial charge in [-0.2, -0.15) is 0 Å². The molecule has 28 heavy (non-hydrogen) atoms. The van der Waals surface area contributed by atoms with Crippen LogP contribution in [0.2, 0.25) is 10.0 Å². The van der Waals surface area contributed by atoms with Crippen LogP contribution in [0.5, 0.6) is 0 Å². The average molecular weight is 422 g/mol. The second-order valence-electron chi connectivity index (χ2n) is 7.30. The van der Waals surface area contributed by atoms with Crippen molar-refractivity contribution >= 4 is 35.0 Å². The monoisotopic (exact) mass is 421 g/mol. The lowest BCUT2D eigenvalue weighted by Crippen LogP contribution is -2.48. The Hall–Kier alpha value is -1.98. The fourth-order valence-electron chi connectivity index (χ4n) is 3.65. The Kier molecular flexibility index (Phi) is 6.36. The number of aromatic nitrogens is 1. The summed E-state index contributed by atoms with van der Waals surface area (Å²) in [6, 6.07) is 9.20. The third-order valence-corrected chi connectivity index (χ3v) is 5.87. The van der Waals surface area contributed by atoms with Crippen molar-refractivity contribution in [2.45, 2.75) is 33.4 Å². The van der Waals surface area contributed by atoms with E-state index in [4.69, 9.17) is 23.2 Å². The lowest BCUT2D eigenvalue weighted by molar-refractivity contribution is -0.143. The van der Waals surface area contributed by atoms with Crippen LogP contribution >= 0.6 is 23.2 Å². The zero-order valence-corrected chi connectivity index (χ0v) is 17.9. The first-order valence-corrected chi connectivity index (χ1v) is 10.3. The maximum absolute atomic E-state index is 13.2. The largest absolute Gasteiger partial charge is 0.348 e. The van der Waals surface area contributed by atoms with E-state index in [1.165, 1.54) is 0 Å². The molecule has 0 unspecified atom stereocenters. The SMILES string of the molecule is CCN(CC(=O)N1CCn2cccc2[C@H]1c1ccc(Cl)c(Cl)c1)C(=O)C(C)C. The second kappa shape index (κ2) is 8.58. The Morgan fingerprint density at radius 3 is 2.57 bits per heavy atom. The number of rotatable bonds is 5. The topological polar surface area (TPSA) is 45.6 Å². The molecule has 0 spiro atoms. The zero-order chi connectivity index (χ0) is 20.4. The maximum Gasteiger partial charge on any atom is 0.243 e. The van der Waals surface area contributed by atoms with Crippen LogP contribution in [0, 0.1) is 5.92 Å². The minimum Gasteiger partial charge on any atom is -0.348 e. The van der Waals surface area contributed by atoms with Crippen molar-refractivity contribution < 1.29 is 9.59 Å². The molecule has 0 fully saturated rings. The van der Waals surface area contributed by atoms with E-state index in [1.54, 1.807) is 11.0 Å². The van der Waals surface area contributed by atoms with E-state index in [0.717, 1.165) is 17.8 Å². The van der Waals surface area contributed by atoms with E-state index in [1.807, 2.05) is 56.1 Å². The second-order valence-corrected chi connectivity index (χ2v) is 8.11. The molecule has 2 amide bonds. The molecule has 3 rings (SSSR count). The number of amides is 2. The molecule has 0 saturated heterocycles. The van der Waals surface area contributed by atoms with Gasteiger partial charge in [0.05, 0.1) is 22.6 Å². The molecular formula is C21H25Cl2N3O2. The van der Waals surface area contributed by atoms with Gasteiger partial charge in [0.2, 0.25) is 11.8 Å². The van der Waals surface area contributed by atoms with Crippen LogP contribution in [0.25, 0.3) is 0 Å². The predicted molar refractivity (Wildman–Crippen MR) is 112 cm³/mol. The molecule has 0 N–H and O–H groups in total. The first-order valence-electron chi connectivity index (χ1n) is 9.51. The average Bonchev–Trinajstić information content (AvgIpc) is 3.15. The fraction of sp³-hybridized carbons (Fsp3) is 0.429. The highest BCUT2D eigenvalue weighted by Crippen LogP contribution is 2.35. The van der Waals surface area contributed by atoms with Gasteiger partial charge in [-0.25, -0.2) is 0 Å². The van der Waals surface area contributed by atoms with Crippen LogP contribution in [0.15, 0.2) is 36.5 Å². The van der Waals surface area contributed by atoms with Gasteiger partial charge in [0.1, 0.15) is 0 Å². The fourth-order valence-corrected chi connectivity index (χ4v) is 3.96. The lowest BCUT2D eigenvalue weighted by Gasteiger charge is -2.38. The predicted octanol–water partition coefficient (Wildman–Crippen LogP) is 4.23. The van der Waals surface area contributed by atoms with E-state index >= 15 is 0 Å². The van der Waals surface area contributed by atoms with Crippen LogP contribution in [-0.2, 0) is 16.1 Å². The summed E-state index contributed by atoms with van der Waals surface area (Å²) in [5.41, 5.74) is 1.93. The number of halogens is 2. The maximum atomic E-state index is 13.2. The molecule has 2 heterocycles. The van der Waals surface area contributed by atoms with Crippen LogP contribution in [0.4, 0.5) is 0 Å². The highest BCUT2D eigenvalue weighted by Gasteiger charge is 2.33. The van der Waals surface area contributed by atoms with E-state index in [9.17, 15) is 9.59 Å². The molecule has 1 aliphatic rings. The summed E-state index contributed by atoms with van der Waals surface area (Å²) in [6.45, 7) is 7.46. The van der Waals surface area contributed by atoms with Crippen LogP contribution < -0.4 is 0 Å². The van der Waals surface area contributed by atoms with Crippen molar-refractivity contribution in [2.24, 2.45) is 5.92 Å². The molecule has 2 aromatic rings. The zero-order valence-electron chi connectivity index (χ0n) is 16.4. The highest BCUT2D eigenvalue weighted by molar-refractivity contribution is 6.42. The summed E-state index contributed by atoms with van der Waals surface area (Å²) in [5, 5.41) is 0.939.